The van der Waals surface area contributed by atoms with Crippen LogP contribution in [0.3, 0.4) is 0 Å². The largest absolute Gasteiger partial charge is 0.481 e. The van der Waals surface area contributed by atoms with E-state index in [1.165, 1.54) is 11.3 Å². The number of aliphatic carboxylic acids is 1. The fraction of sp³-hybridized carbons (Fsp3) is 0.286. The molecule has 1 aliphatic carbocycles. The van der Waals surface area contributed by atoms with Crippen LogP contribution in [0.25, 0.3) is 11.1 Å². The Bertz CT molecular complexity index is 960. The van der Waals surface area contributed by atoms with Gasteiger partial charge in [-0.3, -0.25) is 14.4 Å². The van der Waals surface area contributed by atoms with Crippen LogP contribution in [0.1, 0.15) is 33.6 Å². The van der Waals surface area contributed by atoms with Crippen molar-refractivity contribution in [3.63, 3.8) is 0 Å². The summed E-state index contributed by atoms with van der Waals surface area (Å²) in [4.78, 5) is 37.3. The molecule has 0 fully saturated rings. The number of carbonyl (C=O) groups is 3. The number of nitrogens with one attached hydrogen (secondary N) is 1. The minimum Gasteiger partial charge on any atom is -0.481 e. The Morgan fingerprint density at radius 3 is 2.25 bits per heavy atom. The molecule has 1 heterocycles. The van der Waals surface area contributed by atoms with Gasteiger partial charge in [-0.2, -0.15) is 0 Å². The molecule has 0 bridgehead atoms. The third-order valence-electron chi connectivity index (χ3n) is 4.99. The van der Waals surface area contributed by atoms with Crippen molar-refractivity contribution in [3.05, 3.63) is 52.4 Å². The van der Waals surface area contributed by atoms with Crippen molar-refractivity contribution in [3.8, 4) is 11.1 Å². The zero-order valence-corrected chi connectivity index (χ0v) is 16.5. The van der Waals surface area contributed by atoms with E-state index in [1.807, 2.05) is 44.2 Å². The number of primary amides is 1. The molecule has 0 saturated heterocycles. The molecule has 6 nitrogen and oxygen atoms in total. The molecule has 0 saturated carbocycles. The molecule has 4 N–H and O–H groups in total. The number of carboxylic acids is 1. The highest BCUT2D eigenvalue weighted by atomic mass is 32.1. The first-order valence-electron chi connectivity index (χ1n) is 8.98. The van der Waals surface area contributed by atoms with Gasteiger partial charge in [0.15, 0.2) is 0 Å². The average molecular weight is 398 g/mol. The first-order chi connectivity index (χ1) is 13.3. The summed E-state index contributed by atoms with van der Waals surface area (Å²) >= 11 is 1.27. The molecule has 2 aromatic rings. The molecule has 2 unspecified atom stereocenters. The van der Waals surface area contributed by atoms with Crippen molar-refractivity contribution in [2.75, 3.05) is 5.32 Å². The Morgan fingerprint density at radius 2 is 1.68 bits per heavy atom. The van der Waals surface area contributed by atoms with Gasteiger partial charge in [-0.15, -0.1) is 11.3 Å². The van der Waals surface area contributed by atoms with E-state index in [1.54, 1.807) is 6.08 Å². The molecule has 2 atom stereocenters. The SMILES string of the molecule is Cc1ccc(-c2c(C)sc(NC(=O)C3CC=CCC3C(=O)O)c2C(N)=O)cc1. The quantitative estimate of drug-likeness (QED) is 0.667. The zero-order chi connectivity index (χ0) is 20.4. The lowest BCUT2D eigenvalue weighted by Gasteiger charge is -2.24. The standard InChI is InChI=1S/C21H22N2O4S/c1-11-7-9-13(10-8-11)16-12(2)28-20(17(16)18(22)24)23-19(25)14-5-3-4-6-15(14)21(26)27/h3-4,7-10,14-15H,5-6H2,1-2H3,(H2,22,24)(H,23,25)(H,26,27). The number of nitrogens with two attached hydrogens (primary N) is 1. The first-order valence-corrected chi connectivity index (χ1v) is 9.80. The summed E-state index contributed by atoms with van der Waals surface area (Å²) in [5.74, 6) is -3.50. The Labute approximate surface area is 167 Å². The van der Waals surface area contributed by atoms with Gasteiger partial charge in [-0.05, 0) is 32.3 Å². The molecule has 0 aliphatic heterocycles. The summed E-state index contributed by atoms with van der Waals surface area (Å²) in [6, 6.07) is 7.71. The van der Waals surface area contributed by atoms with Crippen LogP contribution in [-0.4, -0.2) is 22.9 Å². The van der Waals surface area contributed by atoms with E-state index in [0.717, 1.165) is 16.0 Å². The number of benzene rings is 1. The van der Waals surface area contributed by atoms with Gasteiger partial charge in [0.25, 0.3) is 5.91 Å². The van der Waals surface area contributed by atoms with Gasteiger partial charge in [0.05, 0.1) is 17.4 Å². The van der Waals surface area contributed by atoms with E-state index in [0.29, 0.717) is 23.4 Å². The highest BCUT2D eigenvalue weighted by Crippen LogP contribution is 2.40. The summed E-state index contributed by atoms with van der Waals surface area (Å²) in [6.45, 7) is 3.84. The fourth-order valence-electron chi connectivity index (χ4n) is 3.52. The number of thiophene rings is 1. The highest BCUT2D eigenvalue weighted by molar-refractivity contribution is 7.17. The van der Waals surface area contributed by atoms with Gasteiger partial charge in [-0.25, -0.2) is 0 Å². The molecule has 0 radical (unpaired) electrons. The third-order valence-corrected chi connectivity index (χ3v) is 6.01. The second-order valence-corrected chi connectivity index (χ2v) is 8.18. The van der Waals surface area contributed by atoms with Gasteiger partial charge >= 0.3 is 5.97 Å². The number of anilines is 1. The zero-order valence-electron chi connectivity index (χ0n) is 15.7. The summed E-state index contributed by atoms with van der Waals surface area (Å²) in [7, 11) is 0. The van der Waals surface area contributed by atoms with Gasteiger partial charge in [0, 0.05) is 10.4 Å². The van der Waals surface area contributed by atoms with Crippen molar-refractivity contribution >= 4 is 34.1 Å². The summed E-state index contributed by atoms with van der Waals surface area (Å²) < 4.78 is 0. The maximum Gasteiger partial charge on any atom is 0.307 e. The first kappa shape index (κ1) is 19.8. The third kappa shape index (κ3) is 3.84. The van der Waals surface area contributed by atoms with Crippen molar-refractivity contribution in [1.29, 1.82) is 0 Å². The Morgan fingerprint density at radius 1 is 1.07 bits per heavy atom. The molecule has 2 amide bonds. The molecule has 1 aromatic heterocycles. The summed E-state index contributed by atoms with van der Waals surface area (Å²) in [5, 5.41) is 12.5. The normalized spacial score (nSPS) is 18.6. The molecule has 28 heavy (non-hydrogen) atoms. The van der Waals surface area contributed by atoms with Crippen LogP contribution in [0, 0.1) is 25.7 Å². The number of carboxylic acid groups (broad SMARTS) is 1. The van der Waals surface area contributed by atoms with Crippen LogP contribution in [-0.2, 0) is 9.59 Å². The van der Waals surface area contributed by atoms with E-state index < -0.39 is 29.6 Å². The Hall–Kier alpha value is -2.93. The summed E-state index contributed by atoms with van der Waals surface area (Å²) in [5.41, 5.74) is 8.54. The van der Waals surface area contributed by atoms with Crippen LogP contribution >= 0.6 is 11.3 Å². The number of allylic oxidation sites excluding steroid dienone is 2. The van der Waals surface area contributed by atoms with E-state index in [9.17, 15) is 19.5 Å². The van der Waals surface area contributed by atoms with Gasteiger partial charge in [0.2, 0.25) is 5.91 Å². The second-order valence-electron chi connectivity index (χ2n) is 6.95. The lowest BCUT2D eigenvalue weighted by molar-refractivity contribution is -0.146. The molecule has 7 heteroatoms. The molecule has 1 aromatic carbocycles. The van der Waals surface area contributed by atoms with E-state index in [-0.39, 0.29) is 5.56 Å². The number of carbonyl (C=O) groups excluding carboxylic acids is 2. The molecule has 146 valence electrons. The minimum absolute atomic E-state index is 0.262. The molecule has 1 aliphatic rings. The van der Waals surface area contributed by atoms with E-state index >= 15 is 0 Å². The minimum atomic E-state index is -0.998. The lowest BCUT2D eigenvalue weighted by Crippen LogP contribution is -2.35. The van der Waals surface area contributed by atoms with Crippen molar-refractivity contribution in [2.45, 2.75) is 26.7 Å². The smallest absolute Gasteiger partial charge is 0.307 e. The van der Waals surface area contributed by atoms with Crippen LogP contribution in [0.15, 0.2) is 36.4 Å². The Balaban J connectivity index is 1.96. The molecule has 3 rings (SSSR count). The maximum atomic E-state index is 12.8. The predicted octanol–water partition coefficient (Wildman–Crippen LogP) is 3.74. The highest BCUT2D eigenvalue weighted by Gasteiger charge is 2.35. The van der Waals surface area contributed by atoms with E-state index in [2.05, 4.69) is 5.32 Å². The van der Waals surface area contributed by atoms with Gasteiger partial charge in [0.1, 0.15) is 5.00 Å². The van der Waals surface area contributed by atoms with Crippen molar-refractivity contribution < 1.29 is 19.5 Å². The maximum absolute atomic E-state index is 12.8. The number of hydrogen-bond donors (Lipinski definition) is 3. The van der Waals surface area contributed by atoms with Gasteiger partial charge < -0.3 is 16.2 Å². The number of hydrogen-bond acceptors (Lipinski definition) is 4. The van der Waals surface area contributed by atoms with Crippen molar-refractivity contribution in [1.82, 2.24) is 0 Å². The van der Waals surface area contributed by atoms with Crippen LogP contribution in [0.4, 0.5) is 5.00 Å². The second kappa shape index (κ2) is 7.98. The number of aryl methyl sites for hydroxylation is 2. The fourth-order valence-corrected chi connectivity index (χ4v) is 4.60. The predicted molar refractivity (Wildman–Crippen MR) is 109 cm³/mol. The molecular weight excluding hydrogens is 376 g/mol. The molecular formula is C21H22N2O4S. The average Bonchev–Trinajstić information content (AvgIpc) is 2.98. The van der Waals surface area contributed by atoms with Crippen LogP contribution < -0.4 is 11.1 Å². The van der Waals surface area contributed by atoms with Crippen LogP contribution in [0.2, 0.25) is 0 Å². The topological polar surface area (TPSA) is 109 Å². The lowest BCUT2D eigenvalue weighted by atomic mass is 9.82. The molecule has 0 spiro atoms. The monoisotopic (exact) mass is 398 g/mol. The van der Waals surface area contributed by atoms with E-state index in [4.69, 9.17) is 5.73 Å². The Kier molecular flexibility index (Phi) is 5.65. The summed E-state index contributed by atoms with van der Waals surface area (Å²) in [6.07, 6.45) is 4.26. The van der Waals surface area contributed by atoms with Crippen molar-refractivity contribution in [2.24, 2.45) is 17.6 Å². The van der Waals surface area contributed by atoms with Gasteiger partial charge in [-0.1, -0.05) is 42.0 Å². The number of rotatable bonds is 5. The van der Waals surface area contributed by atoms with Crippen LogP contribution in [0.5, 0.6) is 0 Å². The number of amides is 2.